The van der Waals surface area contributed by atoms with Crippen LogP contribution >= 0.6 is 0 Å². The molecule has 4 rings (SSSR count). The maximum absolute atomic E-state index is 13.2. The highest BCUT2D eigenvalue weighted by Crippen LogP contribution is 2.31. The number of aromatic nitrogens is 3. The maximum atomic E-state index is 13.2. The van der Waals surface area contributed by atoms with Gasteiger partial charge in [0, 0.05) is 44.8 Å². The number of nitrogens with one attached hydrogen (secondary N) is 1. The van der Waals surface area contributed by atoms with Crippen LogP contribution in [0.1, 0.15) is 29.9 Å². The van der Waals surface area contributed by atoms with Gasteiger partial charge in [-0.05, 0) is 31.2 Å². The SMILES string of the molecule is CCN(CC)S(=O)(=O)c1ccc(N2CCOCC2)c(NC(=O)c2cnc3c(c2)c(C)nn3C)c1. The van der Waals surface area contributed by atoms with E-state index in [1.54, 1.807) is 43.8 Å². The van der Waals surface area contributed by atoms with Crippen LogP contribution in [-0.2, 0) is 21.8 Å². The number of hydrogen-bond acceptors (Lipinski definition) is 7. The molecule has 34 heavy (non-hydrogen) atoms. The van der Waals surface area contributed by atoms with Crippen LogP contribution < -0.4 is 10.2 Å². The summed E-state index contributed by atoms with van der Waals surface area (Å²) in [4.78, 5) is 19.8. The number of benzene rings is 1. The molecule has 2 aromatic heterocycles. The molecule has 0 radical (unpaired) electrons. The van der Waals surface area contributed by atoms with E-state index in [-0.39, 0.29) is 10.8 Å². The van der Waals surface area contributed by atoms with Gasteiger partial charge in [-0.2, -0.15) is 9.40 Å². The minimum atomic E-state index is -3.69. The molecule has 10 nitrogen and oxygen atoms in total. The summed E-state index contributed by atoms with van der Waals surface area (Å²) in [5.41, 5.74) is 3.02. The van der Waals surface area contributed by atoms with E-state index in [0.717, 1.165) is 16.8 Å². The van der Waals surface area contributed by atoms with Crippen molar-refractivity contribution in [3.63, 3.8) is 0 Å². The van der Waals surface area contributed by atoms with Crippen molar-refractivity contribution < 1.29 is 17.9 Å². The average Bonchev–Trinajstić information content (AvgIpc) is 3.13. The lowest BCUT2D eigenvalue weighted by atomic mass is 10.1. The summed E-state index contributed by atoms with van der Waals surface area (Å²) in [6, 6.07) is 6.65. The van der Waals surface area contributed by atoms with Crippen LogP contribution in [-0.4, -0.2) is 72.8 Å². The molecule has 182 valence electrons. The fraction of sp³-hybridized carbons (Fsp3) is 0.435. The van der Waals surface area contributed by atoms with Crippen LogP contribution in [0.15, 0.2) is 35.4 Å². The molecule has 0 spiro atoms. The summed E-state index contributed by atoms with van der Waals surface area (Å²) < 4.78 is 34.8. The molecule has 1 aliphatic rings. The highest BCUT2D eigenvalue weighted by molar-refractivity contribution is 7.89. The number of anilines is 2. The summed E-state index contributed by atoms with van der Waals surface area (Å²) >= 11 is 0. The molecule has 3 aromatic rings. The van der Waals surface area contributed by atoms with Gasteiger partial charge >= 0.3 is 0 Å². The second-order valence-electron chi connectivity index (χ2n) is 8.13. The highest BCUT2D eigenvalue weighted by atomic mass is 32.2. The van der Waals surface area contributed by atoms with Crippen molar-refractivity contribution in [1.82, 2.24) is 19.1 Å². The monoisotopic (exact) mass is 486 g/mol. The number of nitrogens with zero attached hydrogens (tertiary/aromatic N) is 5. The Bertz CT molecular complexity index is 1310. The lowest BCUT2D eigenvalue weighted by Gasteiger charge is -2.31. The molecule has 0 atom stereocenters. The Morgan fingerprint density at radius 2 is 1.88 bits per heavy atom. The quantitative estimate of drug-likeness (QED) is 0.546. The Balaban J connectivity index is 1.73. The Hall–Kier alpha value is -3.02. The molecular weight excluding hydrogens is 456 g/mol. The first-order valence-electron chi connectivity index (χ1n) is 11.3. The second kappa shape index (κ2) is 9.69. The number of hydrogen-bond donors (Lipinski definition) is 1. The van der Waals surface area contributed by atoms with E-state index in [1.165, 1.54) is 16.6 Å². The Labute approximate surface area is 199 Å². The van der Waals surface area contributed by atoms with E-state index in [2.05, 4.69) is 20.3 Å². The summed E-state index contributed by atoms with van der Waals surface area (Å²) in [5, 5.41) is 8.08. The van der Waals surface area contributed by atoms with Crippen molar-refractivity contribution in [1.29, 1.82) is 0 Å². The molecule has 1 N–H and O–H groups in total. The number of sulfonamides is 1. The van der Waals surface area contributed by atoms with E-state index in [1.807, 2.05) is 6.92 Å². The zero-order chi connectivity index (χ0) is 24.5. The largest absolute Gasteiger partial charge is 0.378 e. The number of amides is 1. The molecule has 1 saturated heterocycles. The van der Waals surface area contributed by atoms with E-state index >= 15 is 0 Å². The molecule has 11 heteroatoms. The van der Waals surface area contributed by atoms with Gasteiger partial charge in [-0.1, -0.05) is 13.8 Å². The number of fused-ring (bicyclic) bond motifs is 1. The number of ether oxygens (including phenoxy) is 1. The lowest BCUT2D eigenvalue weighted by Crippen LogP contribution is -2.37. The number of carbonyl (C=O) groups excluding carboxylic acids is 1. The van der Waals surface area contributed by atoms with Crippen LogP contribution in [0.2, 0.25) is 0 Å². The average molecular weight is 487 g/mol. The van der Waals surface area contributed by atoms with Gasteiger partial charge < -0.3 is 15.0 Å². The van der Waals surface area contributed by atoms with Gasteiger partial charge in [-0.3, -0.25) is 9.48 Å². The van der Waals surface area contributed by atoms with Gasteiger partial charge in [-0.15, -0.1) is 0 Å². The van der Waals surface area contributed by atoms with Gasteiger partial charge in [0.05, 0.1) is 40.7 Å². The molecule has 1 aliphatic heterocycles. The number of rotatable bonds is 7. The Morgan fingerprint density at radius 3 is 2.56 bits per heavy atom. The number of morpholine rings is 1. The Kier molecular flexibility index (Phi) is 6.87. The molecule has 0 aliphatic carbocycles. The fourth-order valence-corrected chi connectivity index (χ4v) is 5.68. The summed E-state index contributed by atoms with van der Waals surface area (Å²) in [6.07, 6.45) is 1.50. The third-order valence-electron chi connectivity index (χ3n) is 6.04. The zero-order valence-electron chi connectivity index (χ0n) is 19.9. The van der Waals surface area contributed by atoms with E-state index in [9.17, 15) is 13.2 Å². The van der Waals surface area contributed by atoms with Crippen molar-refractivity contribution in [2.45, 2.75) is 25.7 Å². The summed E-state index contributed by atoms with van der Waals surface area (Å²) in [5.74, 6) is -0.371. The predicted molar refractivity (Wildman–Crippen MR) is 131 cm³/mol. The lowest BCUT2D eigenvalue weighted by molar-refractivity contribution is 0.102. The van der Waals surface area contributed by atoms with Crippen LogP contribution in [0.3, 0.4) is 0 Å². The van der Waals surface area contributed by atoms with Gasteiger partial charge in [-0.25, -0.2) is 13.4 Å². The predicted octanol–water partition coefficient (Wildman–Crippen LogP) is 2.40. The van der Waals surface area contributed by atoms with E-state index in [0.29, 0.717) is 56.3 Å². The first kappa shape index (κ1) is 24.1. The molecule has 1 aromatic carbocycles. The minimum absolute atomic E-state index is 0.139. The molecule has 0 unspecified atom stereocenters. The summed E-state index contributed by atoms with van der Waals surface area (Å²) in [7, 11) is -1.88. The van der Waals surface area contributed by atoms with Crippen molar-refractivity contribution in [2.24, 2.45) is 7.05 Å². The van der Waals surface area contributed by atoms with Crippen molar-refractivity contribution in [3.05, 3.63) is 41.7 Å². The van der Waals surface area contributed by atoms with Crippen molar-refractivity contribution in [3.8, 4) is 0 Å². The highest BCUT2D eigenvalue weighted by Gasteiger charge is 2.25. The van der Waals surface area contributed by atoms with E-state index < -0.39 is 10.0 Å². The molecule has 0 bridgehead atoms. The van der Waals surface area contributed by atoms with Crippen LogP contribution in [0.4, 0.5) is 11.4 Å². The Morgan fingerprint density at radius 1 is 1.18 bits per heavy atom. The van der Waals surface area contributed by atoms with Crippen molar-refractivity contribution in [2.75, 3.05) is 49.6 Å². The van der Waals surface area contributed by atoms with Crippen LogP contribution in [0.25, 0.3) is 11.0 Å². The first-order chi connectivity index (χ1) is 16.3. The zero-order valence-corrected chi connectivity index (χ0v) is 20.7. The van der Waals surface area contributed by atoms with E-state index in [4.69, 9.17) is 4.74 Å². The molecule has 3 heterocycles. The fourth-order valence-electron chi connectivity index (χ4n) is 4.19. The number of aryl methyl sites for hydroxylation is 2. The third kappa shape index (κ3) is 4.50. The minimum Gasteiger partial charge on any atom is -0.378 e. The normalized spacial score (nSPS) is 14.7. The number of carbonyl (C=O) groups is 1. The van der Waals surface area contributed by atoms with Crippen LogP contribution in [0.5, 0.6) is 0 Å². The number of pyridine rings is 1. The van der Waals surface area contributed by atoms with Gasteiger partial charge in [0.1, 0.15) is 0 Å². The molecule has 1 fully saturated rings. The maximum Gasteiger partial charge on any atom is 0.257 e. The van der Waals surface area contributed by atoms with Crippen LogP contribution in [0, 0.1) is 6.92 Å². The molecule has 0 saturated carbocycles. The van der Waals surface area contributed by atoms with Gasteiger partial charge in [0.2, 0.25) is 10.0 Å². The molecular formula is C23H30N6O4S. The topological polar surface area (TPSA) is 110 Å². The smallest absolute Gasteiger partial charge is 0.257 e. The summed E-state index contributed by atoms with van der Waals surface area (Å²) in [6.45, 7) is 8.61. The molecule has 1 amide bonds. The standard InChI is InChI=1S/C23H30N6O4S/c1-5-29(6-2)34(31,32)18-7-8-21(28-9-11-33-12-10-28)20(14-18)25-23(30)17-13-19-16(3)26-27(4)22(19)24-15-17/h7-8,13-15H,5-6,9-12H2,1-4H3,(H,25,30). The first-order valence-corrected chi connectivity index (χ1v) is 12.8. The van der Waals surface area contributed by atoms with Crippen molar-refractivity contribution >= 4 is 38.3 Å². The van der Waals surface area contributed by atoms with Gasteiger partial charge in [0.25, 0.3) is 5.91 Å². The third-order valence-corrected chi connectivity index (χ3v) is 8.08. The van der Waals surface area contributed by atoms with Gasteiger partial charge in [0.15, 0.2) is 5.65 Å². The second-order valence-corrected chi connectivity index (χ2v) is 10.1.